The third-order valence-electron chi connectivity index (χ3n) is 3.77. The second kappa shape index (κ2) is 7.17. The minimum absolute atomic E-state index is 0.284. The molecule has 1 aromatic heterocycles. The molecule has 128 valence electrons. The Morgan fingerprint density at radius 2 is 2.00 bits per heavy atom. The molecule has 0 unspecified atom stereocenters. The number of benzene rings is 2. The van der Waals surface area contributed by atoms with Crippen molar-refractivity contribution in [3.8, 4) is 5.75 Å². The smallest absolute Gasteiger partial charge is 0.250 e. The number of primary amides is 1. The number of anilines is 1. The highest BCUT2D eigenvalue weighted by Gasteiger charge is 2.09. The number of nitrogens with two attached hydrogens (primary N) is 1. The lowest BCUT2D eigenvalue weighted by molar-refractivity contribution is 0.100. The highest BCUT2D eigenvalue weighted by molar-refractivity contribution is 6.34. The summed E-state index contributed by atoms with van der Waals surface area (Å²) in [5.74, 6) is 0.167. The number of nitrogens with one attached hydrogen (secondary N) is 1. The molecule has 0 bridgehead atoms. The normalized spacial score (nSPS) is 10.7. The van der Waals surface area contributed by atoms with E-state index in [-0.39, 0.29) is 5.56 Å². The first kappa shape index (κ1) is 17.3. The average Bonchev–Trinajstić information content (AvgIpc) is 2.59. The number of carbonyl (C=O) groups excluding carboxylic acids is 1. The lowest BCUT2D eigenvalue weighted by Crippen LogP contribution is -2.11. The average molecular weight is 376 g/mol. The van der Waals surface area contributed by atoms with E-state index in [2.05, 4.69) is 10.3 Å². The van der Waals surface area contributed by atoms with E-state index in [0.29, 0.717) is 16.7 Å². The Labute approximate surface area is 154 Å². The molecule has 7 heteroatoms. The van der Waals surface area contributed by atoms with E-state index in [1.165, 1.54) is 0 Å². The number of halogens is 2. The van der Waals surface area contributed by atoms with Gasteiger partial charge in [0.2, 0.25) is 5.91 Å². The number of rotatable bonds is 5. The molecule has 0 aliphatic carbocycles. The number of hydrogen-bond donors (Lipinski definition) is 2. The number of pyridine rings is 1. The van der Waals surface area contributed by atoms with Crippen LogP contribution in [-0.2, 0) is 6.54 Å². The van der Waals surface area contributed by atoms with Gasteiger partial charge < -0.3 is 15.8 Å². The molecule has 3 aromatic rings. The van der Waals surface area contributed by atoms with Gasteiger partial charge in [0, 0.05) is 29.2 Å². The minimum Gasteiger partial charge on any atom is -0.497 e. The van der Waals surface area contributed by atoms with E-state index in [9.17, 15) is 4.79 Å². The largest absolute Gasteiger partial charge is 0.497 e. The highest BCUT2D eigenvalue weighted by atomic mass is 35.5. The maximum absolute atomic E-state index is 11.2. The van der Waals surface area contributed by atoms with Crippen LogP contribution < -0.4 is 15.8 Å². The molecule has 2 aromatic carbocycles. The lowest BCUT2D eigenvalue weighted by atomic mass is 10.1. The molecule has 1 heterocycles. The summed E-state index contributed by atoms with van der Waals surface area (Å²) in [7, 11) is 1.61. The van der Waals surface area contributed by atoms with Gasteiger partial charge in [0.1, 0.15) is 10.9 Å². The van der Waals surface area contributed by atoms with Crippen molar-refractivity contribution < 1.29 is 9.53 Å². The second-order valence-electron chi connectivity index (χ2n) is 5.41. The molecule has 0 radical (unpaired) electrons. The van der Waals surface area contributed by atoms with Gasteiger partial charge in [0.15, 0.2) is 0 Å². The lowest BCUT2D eigenvalue weighted by Gasteiger charge is -2.11. The van der Waals surface area contributed by atoms with Gasteiger partial charge in [-0.2, -0.15) is 0 Å². The Hall–Kier alpha value is -2.50. The van der Waals surface area contributed by atoms with Crippen molar-refractivity contribution >= 4 is 45.7 Å². The van der Waals surface area contributed by atoms with Crippen LogP contribution in [0.5, 0.6) is 5.75 Å². The predicted molar refractivity (Wildman–Crippen MR) is 101 cm³/mol. The molecule has 0 atom stereocenters. The van der Waals surface area contributed by atoms with Crippen molar-refractivity contribution in [1.29, 1.82) is 0 Å². The van der Waals surface area contributed by atoms with Crippen LogP contribution in [0.25, 0.3) is 10.9 Å². The van der Waals surface area contributed by atoms with Crippen molar-refractivity contribution in [3.05, 3.63) is 63.8 Å². The number of amides is 1. The van der Waals surface area contributed by atoms with Gasteiger partial charge in [-0.15, -0.1) is 0 Å². The van der Waals surface area contributed by atoms with E-state index in [4.69, 9.17) is 33.7 Å². The first-order valence-corrected chi connectivity index (χ1v) is 8.20. The van der Waals surface area contributed by atoms with Crippen LogP contribution in [0.2, 0.25) is 10.2 Å². The van der Waals surface area contributed by atoms with Crippen LogP contribution in [0.15, 0.2) is 42.5 Å². The zero-order valence-corrected chi connectivity index (χ0v) is 14.9. The summed E-state index contributed by atoms with van der Waals surface area (Å²) in [5, 5.41) is 4.88. The summed E-state index contributed by atoms with van der Waals surface area (Å²) in [6, 6.07) is 12.6. The Kier molecular flexibility index (Phi) is 4.97. The first-order chi connectivity index (χ1) is 12.0. The van der Waals surface area contributed by atoms with E-state index >= 15 is 0 Å². The van der Waals surface area contributed by atoms with E-state index < -0.39 is 5.91 Å². The number of ether oxygens (including phenoxy) is 1. The predicted octanol–water partition coefficient (Wildman–Crippen LogP) is 4.26. The van der Waals surface area contributed by atoms with Crippen LogP contribution in [0.4, 0.5) is 5.69 Å². The van der Waals surface area contributed by atoms with Crippen LogP contribution in [0, 0.1) is 0 Å². The summed E-state index contributed by atoms with van der Waals surface area (Å²) in [4.78, 5) is 15.6. The summed E-state index contributed by atoms with van der Waals surface area (Å²) in [6.45, 7) is 0.458. The standard InChI is InChI=1S/C18H15Cl2N3O2/c1-25-13-4-2-10-6-11(17(20)23-16(10)8-13)9-22-12-3-5-14(18(21)24)15(19)7-12/h2-8,22H,9H2,1H3,(H2,21,24). The van der Waals surface area contributed by atoms with Crippen molar-refractivity contribution in [2.45, 2.75) is 6.54 Å². The maximum atomic E-state index is 11.2. The quantitative estimate of drug-likeness (QED) is 0.653. The van der Waals surface area contributed by atoms with Crippen LogP contribution in [0.1, 0.15) is 15.9 Å². The zero-order chi connectivity index (χ0) is 18.0. The molecule has 25 heavy (non-hydrogen) atoms. The number of methoxy groups -OCH3 is 1. The van der Waals surface area contributed by atoms with Crippen molar-refractivity contribution in [3.63, 3.8) is 0 Å². The summed E-state index contributed by atoms with van der Waals surface area (Å²) < 4.78 is 5.19. The Morgan fingerprint density at radius 1 is 1.20 bits per heavy atom. The summed E-state index contributed by atoms with van der Waals surface area (Å²) in [6.07, 6.45) is 0. The molecule has 0 saturated carbocycles. The van der Waals surface area contributed by atoms with Gasteiger partial charge in [-0.05, 0) is 36.4 Å². The molecule has 3 rings (SSSR count). The molecular formula is C18H15Cl2N3O2. The van der Waals surface area contributed by atoms with Gasteiger partial charge in [0.25, 0.3) is 0 Å². The number of nitrogens with zero attached hydrogens (tertiary/aromatic N) is 1. The van der Waals surface area contributed by atoms with E-state index in [1.54, 1.807) is 25.3 Å². The zero-order valence-electron chi connectivity index (χ0n) is 13.3. The van der Waals surface area contributed by atoms with Gasteiger partial charge >= 0.3 is 0 Å². The van der Waals surface area contributed by atoms with Crippen LogP contribution in [0.3, 0.4) is 0 Å². The maximum Gasteiger partial charge on any atom is 0.250 e. The van der Waals surface area contributed by atoms with Crippen molar-refractivity contribution in [1.82, 2.24) is 4.98 Å². The Bertz CT molecular complexity index is 960. The molecule has 0 saturated heterocycles. The molecule has 0 fully saturated rings. The third-order valence-corrected chi connectivity index (χ3v) is 4.41. The van der Waals surface area contributed by atoms with Crippen molar-refractivity contribution in [2.24, 2.45) is 5.73 Å². The fourth-order valence-corrected chi connectivity index (χ4v) is 2.93. The monoisotopic (exact) mass is 375 g/mol. The molecular weight excluding hydrogens is 361 g/mol. The van der Waals surface area contributed by atoms with Crippen molar-refractivity contribution in [2.75, 3.05) is 12.4 Å². The van der Waals surface area contributed by atoms with E-state index in [0.717, 1.165) is 27.9 Å². The minimum atomic E-state index is -0.561. The fraction of sp³-hybridized carbons (Fsp3) is 0.111. The first-order valence-electron chi connectivity index (χ1n) is 7.44. The summed E-state index contributed by atoms with van der Waals surface area (Å²) in [5.41, 5.74) is 7.89. The molecule has 0 aliphatic rings. The van der Waals surface area contributed by atoms with Crippen LogP contribution >= 0.6 is 23.2 Å². The number of hydrogen-bond acceptors (Lipinski definition) is 4. The second-order valence-corrected chi connectivity index (χ2v) is 6.17. The molecule has 0 spiro atoms. The number of aromatic nitrogens is 1. The molecule has 0 aliphatic heterocycles. The summed E-state index contributed by atoms with van der Waals surface area (Å²) >= 11 is 12.3. The third kappa shape index (κ3) is 3.78. The number of fused-ring (bicyclic) bond motifs is 1. The van der Waals surface area contributed by atoms with Gasteiger partial charge in [-0.3, -0.25) is 4.79 Å². The molecule has 5 nitrogen and oxygen atoms in total. The number of carbonyl (C=O) groups is 1. The molecule has 3 N–H and O–H groups in total. The van der Waals surface area contributed by atoms with Gasteiger partial charge in [-0.1, -0.05) is 23.2 Å². The molecule has 1 amide bonds. The highest BCUT2D eigenvalue weighted by Crippen LogP contribution is 2.26. The van der Waals surface area contributed by atoms with Crippen LogP contribution in [-0.4, -0.2) is 18.0 Å². The van der Waals surface area contributed by atoms with E-state index in [1.807, 2.05) is 24.3 Å². The SMILES string of the molecule is COc1ccc2cc(CNc3ccc(C(N)=O)c(Cl)c3)c(Cl)nc2c1. The Morgan fingerprint density at radius 3 is 2.68 bits per heavy atom. The van der Waals surface area contributed by atoms with Gasteiger partial charge in [0.05, 0.1) is 23.2 Å². The van der Waals surface area contributed by atoms with Gasteiger partial charge in [-0.25, -0.2) is 4.98 Å². The fourth-order valence-electron chi connectivity index (χ4n) is 2.44. The Balaban J connectivity index is 1.82. The topological polar surface area (TPSA) is 77.2 Å².